The summed E-state index contributed by atoms with van der Waals surface area (Å²) >= 11 is 5.82. The van der Waals surface area contributed by atoms with Crippen LogP contribution in [0.5, 0.6) is 0 Å². The quantitative estimate of drug-likeness (QED) is 0.787. The molecular weight excluding hydrogens is 324 g/mol. The number of carbonyl (C=O) groups is 1. The minimum absolute atomic E-state index is 0.0566. The molecule has 5 nitrogen and oxygen atoms in total. The van der Waals surface area contributed by atoms with Crippen molar-refractivity contribution in [2.24, 2.45) is 0 Å². The van der Waals surface area contributed by atoms with Crippen LogP contribution in [0.25, 0.3) is 0 Å². The van der Waals surface area contributed by atoms with Crippen LogP contribution in [0.2, 0.25) is 5.02 Å². The lowest BCUT2D eigenvalue weighted by atomic mass is 10.2. The highest BCUT2D eigenvalue weighted by atomic mass is 35.5. The molecule has 124 valence electrons. The third kappa shape index (κ3) is 6.23. The monoisotopic (exact) mass is 346 g/mol. The second-order valence-electron chi connectivity index (χ2n) is 5.29. The molecule has 0 aliphatic rings. The fraction of sp³-hybridized carbons (Fsp3) is 0.533. The number of benzene rings is 1. The molecule has 0 bridgehead atoms. The van der Waals surface area contributed by atoms with Gasteiger partial charge in [-0.1, -0.05) is 18.5 Å². The first-order valence-corrected chi connectivity index (χ1v) is 9.49. The molecule has 0 saturated heterocycles. The van der Waals surface area contributed by atoms with E-state index in [-0.39, 0.29) is 18.5 Å². The molecule has 0 fully saturated rings. The molecule has 1 rings (SSSR count). The Kier molecular flexibility index (Phi) is 7.16. The molecule has 0 saturated carbocycles. The number of anilines is 1. The first-order valence-electron chi connectivity index (χ1n) is 7.26. The second kappa shape index (κ2) is 8.39. The first kappa shape index (κ1) is 18.8. The second-order valence-corrected chi connectivity index (χ2v) is 7.64. The van der Waals surface area contributed by atoms with Gasteiger partial charge in [-0.3, -0.25) is 9.10 Å². The summed E-state index contributed by atoms with van der Waals surface area (Å²) < 4.78 is 25.1. The van der Waals surface area contributed by atoms with E-state index >= 15 is 0 Å². The maximum Gasteiger partial charge on any atom is 0.232 e. The van der Waals surface area contributed by atoms with E-state index in [9.17, 15) is 13.2 Å². The molecule has 22 heavy (non-hydrogen) atoms. The first-order chi connectivity index (χ1) is 10.2. The molecular formula is C15H23ClN2O3S. The molecule has 0 unspecified atom stereocenters. The van der Waals surface area contributed by atoms with Crippen LogP contribution in [-0.2, 0) is 14.8 Å². The predicted molar refractivity (Wildman–Crippen MR) is 90.8 cm³/mol. The zero-order valence-electron chi connectivity index (χ0n) is 13.2. The molecule has 1 amide bonds. The molecule has 0 aromatic heterocycles. The van der Waals surface area contributed by atoms with E-state index in [4.69, 9.17) is 11.6 Å². The van der Waals surface area contributed by atoms with Crippen LogP contribution in [0.4, 0.5) is 5.69 Å². The van der Waals surface area contributed by atoms with Crippen molar-refractivity contribution in [3.05, 3.63) is 29.3 Å². The van der Waals surface area contributed by atoms with Gasteiger partial charge >= 0.3 is 0 Å². The third-order valence-electron chi connectivity index (χ3n) is 3.30. The van der Waals surface area contributed by atoms with E-state index in [1.807, 2.05) is 13.8 Å². The Balaban J connectivity index is 2.65. The number of nitrogens with one attached hydrogen (secondary N) is 1. The summed E-state index contributed by atoms with van der Waals surface area (Å²) in [5.41, 5.74) is 0.550. The van der Waals surface area contributed by atoms with E-state index in [0.29, 0.717) is 23.6 Å². The third-order valence-corrected chi connectivity index (χ3v) is 4.75. The lowest BCUT2D eigenvalue weighted by Gasteiger charge is -2.22. The number of amides is 1. The van der Waals surface area contributed by atoms with Crippen molar-refractivity contribution in [3.8, 4) is 0 Å². The van der Waals surface area contributed by atoms with Crippen LogP contribution in [0, 0.1) is 0 Å². The predicted octanol–water partition coefficient (Wildman–Crippen LogP) is 2.80. The average molecular weight is 347 g/mol. The number of nitrogens with zero attached hydrogens (tertiary/aromatic N) is 1. The van der Waals surface area contributed by atoms with Crippen LogP contribution >= 0.6 is 11.6 Å². The Bertz CT molecular complexity index is 587. The Hall–Kier alpha value is -1.27. The zero-order chi connectivity index (χ0) is 16.8. The number of sulfonamides is 1. The van der Waals surface area contributed by atoms with Crippen LogP contribution in [-0.4, -0.2) is 33.2 Å². The standard InChI is InChI=1S/C15H23ClN2O3S/c1-4-12(2)17-15(19)6-5-11-18(22(3,20)21)14-9-7-13(16)8-10-14/h7-10,12H,4-6,11H2,1-3H3,(H,17,19)/t12-/m1/s1. The molecule has 0 radical (unpaired) electrons. The van der Waals surface area contributed by atoms with Gasteiger partial charge in [0.25, 0.3) is 0 Å². The Morgan fingerprint density at radius 2 is 1.91 bits per heavy atom. The highest BCUT2D eigenvalue weighted by Gasteiger charge is 2.17. The minimum atomic E-state index is -3.40. The van der Waals surface area contributed by atoms with E-state index in [1.54, 1.807) is 24.3 Å². The smallest absolute Gasteiger partial charge is 0.232 e. The highest BCUT2D eigenvalue weighted by Crippen LogP contribution is 2.20. The van der Waals surface area contributed by atoms with Crippen molar-refractivity contribution in [2.45, 2.75) is 39.2 Å². The normalized spacial score (nSPS) is 12.7. The molecule has 0 spiro atoms. The van der Waals surface area contributed by atoms with Gasteiger partial charge in [-0.25, -0.2) is 8.42 Å². The van der Waals surface area contributed by atoms with E-state index in [1.165, 1.54) is 4.31 Å². The number of hydrogen-bond donors (Lipinski definition) is 1. The van der Waals surface area contributed by atoms with E-state index < -0.39 is 10.0 Å². The minimum Gasteiger partial charge on any atom is -0.354 e. The molecule has 7 heteroatoms. The maximum absolute atomic E-state index is 11.9. The van der Waals surface area contributed by atoms with E-state index in [2.05, 4.69) is 5.32 Å². The summed E-state index contributed by atoms with van der Waals surface area (Å²) in [6.45, 7) is 4.19. The molecule has 0 aliphatic carbocycles. The van der Waals surface area contributed by atoms with Gasteiger partial charge in [0.15, 0.2) is 0 Å². The van der Waals surface area contributed by atoms with Crippen molar-refractivity contribution in [1.82, 2.24) is 5.32 Å². The number of hydrogen-bond acceptors (Lipinski definition) is 3. The lowest BCUT2D eigenvalue weighted by molar-refractivity contribution is -0.121. The van der Waals surface area contributed by atoms with Gasteiger partial charge in [0.1, 0.15) is 0 Å². The van der Waals surface area contributed by atoms with Crippen molar-refractivity contribution in [2.75, 3.05) is 17.1 Å². The molecule has 1 aromatic carbocycles. The maximum atomic E-state index is 11.9. The van der Waals surface area contributed by atoms with E-state index in [0.717, 1.165) is 12.7 Å². The van der Waals surface area contributed by atoms with Gasteiger partial charge in [-0.15, -0.1) is 0 Å². The zero-order valence-corrected chi connectivity index (χ0v) is 14.7. The summed E-state index contributed by atoms with van der Waals surface area (Å²) in [5, 5.41) is 3.41. The topological polar surface area (TPSA) is 66.5 Å². The summed E-state index contributed by atoms with van der Waals surface area (Å²) in [4.78, 5) is 11.7. The highest BCUT2D eigenvalue weighted by molar-refractivity contribution is 7.92. The van der Waals surface area contributed by atoms with Gasteiger partial charge in [-0.2, -0.15) is 0 Å². The molecule has 1 aromatic rings. The van der Waals surface area contributed by atoms with Gasteiger partial charge in [-0.05, 0) is 44.0 Å². The number of rotatable bonds is 8. The SMILES string of the molecule is CC[C@@H](C)NC(=O)CCCN(c1ccc(Cl)cc1)S(C)(=O)=O. The largest absolute Gasteiger partial charge is 0.354 e. The van der Waals surface area contributed by atoms with Crippen LogP contribution in [0.3, 0.4) is 0 Å². The number of halogens is 1. The van der Waals surface area contributed by atoms with Crippen LogP contribution < -0.4 is 9.62 Å². The van der Waals surface area contributed by atoms with Crippen molar-refractivity contribution < 1.29 is 13.2 Å². The van der Waals surface area contributed by atoms with Gasteiger partial charge < -0.3 is 5.32 Å². The lowest BCUT2D eigenvalue weighted by Crippen LogP contribution is -2.34. The Morgan fingerprint density at radius 3 is 2.41 bits per heavy atom. The molecule has 1 N–H and O–H groups in total. The fourth-order valence-corrected chi connectivity index (χ4v) is 3.02. The van der Waals surface area contributed by atoms with Crippen LogP contribution in [0.15, 0.2) is 24.3 Å². The van der Waals surface area contributed by atoms with Crippen molar-refractivity contribution >= 4 is 33.2 Å². The van der Waals surface area contributed by atoms with Crippen molar-refractivity contribution in [1.29, 1.82) is 0 Å². The summed E-state index contributed by atoms with van der Waals surface area (Å²) in [6, 6.07) is 6.73. The number of carbonyl (C=O) groups excluding carboxylic acids is 1. The Labute approximate surface area is 137 Å². The molecule has 1 atom stereocenters. The summed E-state index contributed by atoms with van der Waals surface area (Å²) in [5.74, 6) is -0.0566. The van der Waals surface area contributed by atoms with Gasteiger partial charge in [0.2, 0.25) is 15.9 Å². The summed E-state index contributed by atoms with van der Waals surface area (Å²) in [6.07, 6.45) is 2.77. The molecule has 0 aliphatic heterocycles. The summed E-state index contributed by atoms with van der Waals surface area (Å²) in [7, 11) is -3.40. The van der Waals surface area contributed by atoms with Gasteiger partial charge in [0, 0.05) is 24.0 Å². The average Bonchev–Trinajstić information content (AvgIpc) is 2.43. The van der Waals surface area contributed by atoms with Crippen molar-refractivity contribution in [3.63, 3.8) is 0 Å². The molecule has 0 heterocycles. The fourth-order valence-electron chi connectivity index (χ4n) is 1.93. The van der Waals surface area contributed by atoms with Crippen LogP contribution in [0.1, 0.15) is 33.1 Å². The van der Waals surface area contributed by atoms with Gasteiger partial charge in [0.05, 0.1) is 11.9 Å². The Morgan fingerprint density at radius 1 is 1.32 bits per heavy atom.